The van der Waals surface area contributed by atoms with E-state index in [9.17, 15) is 9.59 Å². The zero-order chi connectivity index (χ0) is 14.0. The van der Waals surface area contributed by atoms with Crippen molar-refractivity contribution in [1.29, 1.82) is 0 Å². The van der Waals surface area contributed by atoms with E-state index in [0.717, 1.165) is 4.68 Å². The maximum absolute atomic E-state index is 11.7. The van der Waals surface area contributed by atoms with Crippen LogP contribution in [0.4, 0.5) is 0 Å². The third kappa shape index (κ3) is 2.51. The molecule has 5 nitrogen and oxygen atoms in total. The van der Waals surface area contributed by atoms with Crippen LogP contribution >= 0.6 is 11.6 Å². The molecule has 1 aromatic carbocycles. The quantitative estimate of drug-likeness (QED) is 0.804. The lowest BCUT2D eigenvalue weighted by atomic mass is 10.1. The van der Waals surface area contributed by atoms with E-state index in [1.165, 1.54) is 20.2 Å². The minimum atomic E-state index is -0.806. The van der Waals surface area contributed by atoms with Crippen LogP contribution in [0.25, 0.3) is 11.3 Å². The van der Waals surface area contributed by atoms with E-state index in [2.05, 4.69) is 5.10 Å². The summed E-state index contributed by atoms with van der Waals surface area (Å²) in [5.41, 5.74) is 0.488. The summed E-state index contributed by atoms with van der Waals surface area (Å²) >= 11 is 5.40. The largest absolute Gasteiger partial charge is 0.496 e. The summed E-state index contributed by atoms with van der Waals surface area (Å²) in [5.74, 6) is 0.599. The zero-order valence-electron chi connectivity index (χ0n) is 10.4. The number of rotatable bonds is 3. The number of ether oxygens (including phenoxy) is 1. The second-order valence-electron chi connectivity index (χ2n) is 3.85. The highest BCUT2D eigenvalue weighted by atomic mass is 35.5. The Morgan fingerprint density at radius 3 is 2.68 bits per heavy atom. The van der Waals surface area contributed by atoms with Crippen LogP contribution in [0, 0.1) is 0 Å². The van der Waals surface area contributed by atoms with Gasteiger partial charge < -0.3 is 4.74 Å². The number of hydrogen-bond acceptors (Lipinski definition) is 4. The number of nitrogens with zero attached hydrogens (tertiary/aromatic N) is 2. The van der Waals surface area contributed by atoms with Gasteiger partial charge in [0.15, 0.2) is 0 Å². The van der Waals surface area contributed by atoms with Gasteiger partial charge in [-0.05, 0) is 29.8 Å². The summed E-state index contributed by atoms with van der Waals surface area (Å²) in [5, 5.41) is 3.30. The van der Waals surface area contributed by atoms with Crippen LogP contribution in [0.3, 0.4) is 0 Å². The van der Waals surface area contributed by atoms with Gasteiger partial charge >= 0.3 is 0 Å². The first-order valence-electron chi connectivity index (χ1n) is 5.46. The molecule has 2 rings (SSSR count). The van der Waals surface area contributed by atoms with E-state index >= 15 is 0 Å². The van der Waals surface area contributed by atoms with Gasteiger partial charge in [-0.15, -0.1) is 0 Å². The smallest absolute Gasteiger partial charge is 0.278 e. The second kappa shape index (κ2) is 5.24. The molecule has 0 radical (unpaired) electrons. The molecular formula is C13H11ClN2O3. The maximum Gasteiger partial charge on any atom is 0.278 e. The first kappa shape index (κ1) is 13.3. The number of para-hydroxylation sites is 1. The highest BCUT2D eigenvalue weighted by Crippen LogP contribution is 2.27. The number of hydrogen-bond donors (Lipinski definition) is 0. The number of aromatic nitrogens is 2. The number of aryl methyl sites for hydroxylation is 1. The first-order chi connectivity index (χ1) is 9.04. The predicted octanol–water partition coefficient (Wildman–Crippen LogP) is 1.83. The van der Waals surface area contributed by atoms with E-state index < -0.39 is 10.8 Å². The lowest BCUT2D eigenvalue weighted by Gasteiger charge is -2.09. The van der Waals surface area contributed by atoms with Crippen molar-refractivity contribution in [3.63, 3.8) is 0 Å². The Kier molecular flexibility index (Phi) is 3.66. The molecule has 0 saturated carbocycles. The molecule has 0 bridgehead atoms. The lowest BCUT2D eigenvalue weighted by molar-refractivity contribution is 0.107. The Morgan fingerprint density at radius 2 is 2.05 bits per heavy atom. The average Bonchev–Trinajstić information content (AvgIpc) is 2.41. The van der Waals surface area contributed by atoms with Crippen molar-refractivity contribution in [2.24, 2.45) is 7.05 Å². The molecule has 0 unspecified atom stereocenters. The number of methoxy groups -OCH3 is 1. The van der Waals surface area contributed by atoms with Crippen LogP contribution in [0.5, 0.6) is 5.75 Å². The Hall–Kier alpha value is -2.14. The molecule has 0 N–H and O–H groups in total. The SMILES string of the molecule is COc1ccccc1-c1cc(C(=O)Cl)c(=O)n(C)n1. The highest BCUT2D eigenvalue weighted by molar-refractivity contribution is 6.67. The molecule has 0 aliphatic rings. The van der Waals surface area contributed by atoms with Crippen molar-refractivity contribution in [3.05, 3.63) is 46.2 Å². The summed E-state index contributed by atoms with van der Waals surface area (Å²) in [6.45, 7) is 0. The van der Waals surface area contributed by atoms with Gasteiger partial charge in [0.05, 0.1) is 12.8 Å². The Balaban J connectivity index is 2.70. The molecule has 0 aliphatic carbocycles. The van der Waals surface area contributed by atoms with Gasteiger partial charge in [-0.25, -0.2) is 4.68 Å². The highest BCUT2D eigenvalue weighted by Gasteiger charge is 2.15. The molecule has 0 saturated heterocycles. The van der Waals surface area contributed by atoms with Gasteiger partial charge in [0.2, 0.25) is 0 Å². The van der Waals surface area contributed by atoms with Crippen molar-refractivity contribution >= 4 is 16.8 Å². The predicted molar refractivity (Wildman–Crippen MR) is 71.6 cm³/mol. The molecule has 0 aliphatic heterocycles. The number of halogens is 1. The van der Waals surface area contributed by atoms with Crippen LogP contribution in [0.1, 0.15) is 10.4 Å². The van der Waals surface area contributed by atoms with Gasteiger partial charge in [-0.2, -0.15) is 5.10 Å². The molecule has 6 heteroatoms. The monoisotopic (exact) mass is 278 g/mol. The van der Waals surface area contributed by atoms with E-state index in [1.54, 1.807) is 12.1 Å². The van der Waals surface area contributed by atoms with Crippen molar-refractivity contribution in [1.82, 2.24) is 9.78 Å². The van der Waals surface area contributed by atoms with Crippen molar-refractivity contribution in [3.8, 4) is 17.0 Å². The minimum Gasteiger partial charge on any atom is -0.496 e. The third-order valence-corrected chi connectivity index (χ3v) is 2.86. The van der Waals surface area contributed by atoms with Crippen LogP contribution in [0.15, 0.2) is 35.1 Å². The van der Waals surface area contributed by atoms with Crippen molar-refractivity contribution < 1.29 is 9.53 Å². The molecule has 0 fully saturated rings. The summed E-state index contributed by atoms with van der Waals surface area (Å²) in [7, 11) is 3.00. The van der Waals surface area contributed by atoms with E-state index in [4.69, 9.17) is 16.3 Å². The van der Waals surface area contributed by atoms with E-state index in [0.29, 0.717) is 17.0 Å². The summed E-state index contributed by atoms with van der Waals surface area (Å²) in [4.78, 5) is 23.0. The Morgan fingerprint density at radius 1 is 1.37 bits per heavy atom. The standard InChI is InChI=1S/C13H11ClN2O3/c1-16-13(18)9(12(14)17)7-10(15-16)8-5-3-4-6-11(8)19-2/h3-7H,1-2H3. The first-order valence-corrected chi connectivity index (χ1v) is 5.84. The van der Waals surface area contributed by atoms with Crippen LogP contribution in [-0.4, -0.2) is 22.1 Å². The topological polar surface area (TPSA) is 61.2 Å². The minimum absolute atomic E-state index is 0.111. The Labute approximate surface area is 114 Å². The molecule has 98 valence electrons. The molecule has 1 heterocycles. The zero-order valence-corrected chi connectivity index (χ0v) is 11.1. The Bertz CT molecular complexity index is 695. The fourth-order valence-corrected chi connectivity index (χ4v) is 1.87. The van der Waals surface area contributed by atoms with Gasteiger partial charge in [-0.1, -0.05) is 12.1 Å². The summed E-state index contributed by atoms with van der Waals surface area (Å²) in [6, 6.07) is 8.55. The van der Waals surface area contributed by atoms with Crippen LogP contribution in [-0.2, 0) is 7.05 Å². The van der Waals surface area contributed by atoms with Crippen LogP contribution < -0.4 is 10.3 Å². The van der Waals surface area contributed by atoms with Gasteiger partial charge in [0, 0.05) is 12.6 Å². The van der Waals surface area contributed by atoms with Gasteiger partial charge in [0.1, 0.15) is 11.3 Å². The fourth-order valence-electron chi connectivity index (χ4n) is 1.74. The van der Waals surface area contributed by atoms with E-state index in [1.807, 2.05) is 12.1 Å². The molecule has 2 aromatic rings. The molecule has 19 heavy (non-hydrogen) atoms. The van der Waals surface area contributed by atoms with Gasteiger partial charge in [0.25, 0.3) is 10.8 Å². The maximum atomic E-state index is 11.7. The third-order valence-electron chi connectivity index (χ3n) is 2.66. The molecule has 0 amide bonds. The molecule has 0 spiro atoms. The van der Waals surface area contributed by atoms with Crippen molar-refractivity contribution in [2.45, 2.75) is 0 Å². The fraction of sp³-hybridized carbons (Fsp3) is 0.154. The second-order valence-corrected chi connectivity index (χ2v) is 4.19. The molecule has 1 aromatic heterocycles. The lowest BCUT2D eigenvalue weighted by Crippen LogP contribution is -2.25. The van der Waals surface area contributed by atoms with Crippen molar-refractivity contribution in [2.75, 3.05) is 7.11 Å². The number of carbonyl (C=O) groups is 1. The summed E-state index contributed by atoms with van der Waals surface area (Å²) in [6.07, 6.45) is 0. The average molecular weight is 279 g/mol. The summed E-state index contributed by atoms with van der Waals surface area (Å²) < 4.78 is 6.31. The van der Waals surface area contributed by atoms with Gasteiger partial charge in [-0.3, -0.25) is 9.59 Å². The molecular weight excluding hydrogens is 268 g/mol. The normalized spacial score (nSPS) is 10.3. The number of carbonyl (C=O) groups excluding carboxylic acids is 1. The van der Waals surface area contributed by atoms with Crippen LogP contribution in [0.2, 0.25) is 0 Å². The van der Waals surface area contributed by atoms with E-state index in [-0.39, 0.29) is 5.56 Å². The number of benzene rings is 1. The molecule has 0 atom stereocenters.